The number of hydrogen-bond donors (Lipinski definition) is 1. The first kappa shape index (κ1) is 13.0. The molecule has 0 spiro atoms. The van der Waals surface area contributed by atoms with Gasteiger partial charge in [-0.1, -0.05) is 15.9 Å². The number of rotatable bonds is 3. The lowest BCUT2D eigenvalue weighted by molar-refractivity contribution is 0.194. The Morgan fingerprint density at radius 1 is 1.28 bits per heavy atom. The third kappa shape index (κ3) is 3.27. The van der Waals surface area contributed by atoms with Crippen molar-refractivity contribution in [3.05, 3.63) is 52.5 Å². The molecule has 1 atom stereocenters. The average molecular weight is 312 g/mol. The molecule has 0 bridgehead atoms. The zero-order valence-corrected chi connectivity index (χ0v) is 11.2. The van der Waals surface area contributed by atoms with Crippen LogP contribution < -0.4 is 4.74 Å². The summed E-state index contributed by atoms with van der Waals surface area (Å²) < 4.78 is 19.2. The second kappa shape index (κ2) is 5.46. The van der Waals surface area contributed by atoms with Crippen molar-refractivity contribution < 1.29 is 14.2 Å². The zero-order chi connectivity index (χ0) is 13.1. The molecule has 1 aromatic carbocycles. The van der Waals surface area contributed by atoms with Crippen LogP contribution in [0.15, 0.2) is 41.0 Å². The van der Waals surface area contributed by atoms with Crippen molar-refractivity contribution in [2.75, 3.05) is 0 Å². The summed E-state index contributed by atoms with van der Waals surface area (Å²) in [7, 11) is 0. The van der Waals surface area contributed by atoms with Crippen molar-refractivity contribution in [3.63, 3.8) is 0 Å². The van der Waals surface area contributed by atoms with Crippen LogP contribution in [0.4, 0.5) is 4.39 Å². The molecule has 0 unspecified atom stereocenters. The summed E-state index contributed by atoms with van der Waals surface area (Å²) in [4.78, 5) is 4.04. The molecular weight excluding hydrogens is 301 g/mol. The van der Waals surface area contributed by atoms with Crippen LogP contribution in [0, 0.1) is 5.82 Å². The Kier molecular flexibility index (Phi) is 3.93. The summed E-state index contributed by atoms with van der Waals surface area (Å²) in [5.41, 5.74) is 0.558. The second-order valence-electron chi connectivity index (χ2n) is 3.80. The summed E-state index contributed by atoms with van der Waals surface area (Å²) in [6.45, 7) is 1.63. The van der Waals surface area contributed by atoms with Gasteiger partial charge in [0.1, 0.15) is 17.3 Å². The average Bonchev–Trinajstić information content (AvgIpc) is 2.28. The second-order valence-corrected chi connectivity index (χ2v) is 4.72. The van der Waals surface area contributed by atoms with Crippen molar-refractivity contribution in [2.24, 2.45) is 0 Å². The molecule has 18 heavy (non-hydrogen) atoms. The molecule has 0 saturated heterocycles. The van der Waals surface area contributed by atoms with E-state index in [9.17, 15) is 9.50 Å². The Bertz CT molecular complexity index is 523. The number of ether oxygens (including phenoxy) is 1. The highest BCUT2D eigenvalue weighted by Crippen LogP contribution is 2.26. The van der Waals surface area contributed by atoms with Crippen LogP contribution in [0.3, 0.4) is 0 Å². The predicted molar refractivity (Wildman–Crippen MR) is 69.0 cm³/mol. The van der Waals surface area contributed by atoms with Gasteiger partial charge in [-0.15, -0.1) is 0 Å². The minimum Gasteiger partial charge on any atom is -0.456 e. The molecule has 0 fully saturated rings. The van der Waals surface area contributed by atoms with Gasteiger partial charge in [0.25, 0.3) is 0 Å². The van der Waals surface area contributed by atoms with E-state index < -0.39 is 6.10 Å². The number of benzene rings is 1. The highest BCUT2D eigenvalue weighted by atomic mass is 79.9. The Morgan fingerprint density at radius 3 is 2.61 bits per heavy atom. The molecule has 0 radical (unpaired) electrons. The maximum atomic E-state index is 13.1. The largest absolute Gasteiger partial charge is 0.456 e. The van der Waals surface area contributed by atoms with Crippen molar-refractivity contribution in [1.29, 1.82) is 0 Å². The highest BCUT2D eigenvalue weighted by Gasteiger charge is 2.05. The van der Waals surface area contributed by atoms with Crippen LogP contribution in [-0.2, 0) is 0 Å². The molecule has 2 aromatic rings. The van der Waals surface area contributed by atoms with Gasteiger partial charge in [0.15, 0.2) is 0 Å². The van der Waals surface area contributed by atoms with E-state index in [4.69, 9.17) is 4.74 Å². The molecule has 0 amide bonds. The molecule has 2 rings (SSSR count). The Labute approximate surface area is 112 Å². The quantitative estimate of drug-likeness (QED) is 0.936. The summed E-state index contributed by atoms with van der Waals surface area (Å²) >= 11 is 3.19. The minimum absolute atomic E-state index is 0.382. The van der Waals surface area contributed by atoms with Crippen molar-refractivity contribution >= 4 is 15.9 Å². The fourth-order valence-electron chi connectivity index (χ4n) is 1.42. The van der Waals surface area contributed by atoms with Gasteiger partial charge < -0.3 is 9.84 Å². The van der Waals surface area contributed by atoms with E-state index in [1.165, 1.54) is 18.3 Å². The third-order valence-corrected chi connectivity index (χ3v) is 2.72. The molecule has 1 aromatic heterocycles. The summed E-state index contributed by atoms with van der Waals surface area (Å²) in [6.07, 6.45) is 0.864. The lowest BCUT2D eigenvalue weighted by Gasteiger charge is -2.08. The number of hydrogen-bond acceptors (Lipinski definition) is 3. The van der Waals surface area contributed by atoms with Crippen LogP contribution in [-0.4, -0.2) is 10.1 Å². The molecule has 0 aliphatic heterocycles. The molecule has 1 N–H and O–H groups in total. The fraction of sp³-hybridized carbons (Fsp3) is 0.154. The molecule has 0 aliphatic carbocycles. The van der Waals surface area contributed by atoms with E-state index in [-0.39, 0.29) is 5.82 Å². The van der Waals surface area contributed by atoms with Crippen molar-refractivity contribution in [2.45, 2.75) is 13.0 Å². The number of aliphatic hydroxyl groups is 1. The van der Waals surface area contributed by atoms with Crippen LogP contribution in [0.2, 0.25) is 0 Å². The first-order chi connectivity index (χ1) is 8.54. The number of pyridine rings is 1. The lowest BCUT2D eigenvalue weighted by atomic mass is 10.2. The molecule has 3 nitrogen and oxygen atoms in total. The van der Waals surface area contributed by atoms with E-state index in [0.717, 1.165) is 0 Å². The van der Waals surface area contributed by atoms with E-state index in [0.29, 0.717) is 21.7 Å². The van der Waals surface area contributed by atoms with Gasteiger partial charge in [-0.25, -0.2) is 4.39 Å². The topological polar surface area (TPSA) is 42.4 Å². The summed E-state index contributed by atoms with van der Waals surface area (Å²) in [6, 6.07) is 7.63. The van der Waals surface area contributed by atoms with Crippen LogP contribution in [0.25, 0.3) is 0 Å². The minimum atomic E-state index is -0.623. The standard InChI is InChI=1S/C13H11BrFNO2/c1-8(17)13-3-2-11(7-16-13)18-12-5-9(14)4-10(15)6-12/h2-8,17H,1H3/t8-/m0/s1. The van der Waals surface area contributed by atoms with Gasteiger partial charge in [0.05, 0.1) is 18.0 Å². The van der Waals surface area contributed by atoms with Crippen LogP contribution in [0.5, 0.6) is 11.5 Å². The monoisotopic (exact) mass is 311 g/mol. The van der Waals surface area contributed by atoms with E-state index in [1.807, 2.05) is 0 Å². The maximum Gasteiger partial charge on any atom is 0.145 e. The van der Waals surface area contributed by atoms with E-state index in [1.54, 1.807) is 25.1 Å². The van der Waals surface area contributed by atoms with E-state index >= 15 is 0 Å². The molecule has 94 valence electrons. The van der Waals surface area contributed by atoms with Gasteiger partial charge in [0, 0.05) is 10.5 Å². The number of halogens is 2. The normalized spacial score (nSPS) is 12.2. The highest BCUT2D eigenvalue weighted by molar-refractivity contribution is 9.10. The SMILES string of the molecule is C[C@H](O)c1ccc(Oc2cc(F)cc(Br)c2)cn1. The Balaban J connectivity index is 2.18. The summed E-state index contributed by atoms with van der Waals surface area (Å²) in [5.74, 6) is 0.485. The number of aliphatic hydroxyl groups excluding tert-OH is 1. The number of aromatic nitrogens is 1. The zero-order valence-electron chi connectivity index (χ0n) is 9.60. The first-order valence-corrected chi connectivity index (χ1v) is 6.12. The van der Waals surface area contributed by atoms with Gasteiger partial charge in [-0.05, 0) is 31.2 Å². The molecular formula is C13H11BrFNO2. The Hall–Kier alpha value is -1.46. The predicted octanol–water partition coefficient (Wildman–Crippen LogP) is 3.83. The van der Waals surface area contributed by atoms with Crippen molar-refractivity contribution in [3.8, 4) is 11.5 Å². The van der Waals surface area contributed by atoms with Crippen LogP contribution in [0.1, 0.15) is 18.7 Å². The third-order valence-electron chi connectivity index (χ3n) is 2.26. The molecule has 1 heterocycles. The van der Waals surface area contributed by atoms with Crippen LogP contribution >= 0.6 is 15.9 Å². The fourth-order valence-corrected chi connectivity index (χ4v) is 1.87. The van der Waals surface area contributed by atoms with Gasteiger partial charge >= 0.3 is 0 Å². The number of nitrogens with zero attached hydrogens (tertiary/aromatic N) is 1. The van der Waals surface area contributed by atoms with Gasteiger partial charge in [0.2, 0.25) is 0 Å². The molecule has 0 saturated carbocycles. The van der Waals surface area contributed by atoms with E-state index in [2.05, 4.69) is 20.9 Å². The smallest absolute Gasteiger partial charge is 0.145 e. The lowest BCUT2D eigenvalue weighted by Crippen LogP contribution is -1.95. The molecule has 5 heteroatoms. The van der Waals surface area contributed by atoms with Gasteiger partial charge in [-0.3, -0.25) is 4.98 Å². The van der Waals surface area contributed by atoms with Gasteiger partial charge in [-0.2, -0.15) is 0 Å². The maximum absolute atomic E-state index is 13.1. The first-order valence-electron chi connectivity index (χ1n) is 5.32. The Morgan fingerprint density at radius 2 is 2.06 bits per heavy atom. The van der Waals surface area contributed by atoms with Crippen molar-refractivity contribution in [1.82, 2.24) is 4.98 Å². The molecule has 0 aliphatic rings. The summed E-state index contributed by atoms with van der Waals surface area (Å²) in [5, 5.41) is 9.32.